The summed E-state index contributed by atoms with van der Waals surface area (Å²) < 4.78 is 11.6. The van der Waals surface area contributed by atoms with Gasteiger partial charge in [0.1, 0.15) is 0 Å². The fraction of sp³-hybridized carbons (Fsp3) is 0.481. The predicted octanol–water partition coefficient (Wildman–Crippen LogP) is 6.28. The number of carbonyl (C=O) groups excluding carboxylic acids is 2. The van der Waals surface area contributed by atoms with Gasteiger partial charge in [0.25, 0.3) is 0 Å². The molecule has 2 aromatic rings. The van der Waals surface area contributed by atoms with E-state index in [-0.39, 0.29) is 12.1 Å². The molecule has 0 saturated heterocycles. The van der Waals surface area contributed by atoms with Gasteiger partial charge >= 0.3 is 12.1 Å². The summed E-state index contributed by atoms with van der Waals surface area (Å²) in [7, 11) is 1.35. The van der Waals surface area contributed by atoms with Crippen LogP contribution in [-0.4, -0.2) is 36.2 Å². The van der Waals surface area contributed by atoms with Crippen molar-refractivity contribution in [3.8, 4) is 0 Å². The second kappa shape index (κ2) is 11.7. The zero-order valence-electron chi connectivity index (χ0n) is 20.2. The molecule has 0 bridgehead atoms. The summed E-state index contributed by atoms with van der Waals surface area (Å²) in [5.74, 6) is -0.974. The number of ether oxygens (including phenoxy) is 2. The van der Waals surface area contributed by atoms with Crippen molar-refractivity contribution in [1.29, 1.82) is 0 Å². The first-order chi connectivity index (χ1) is 15.3. The summed E-state index contributed by atoms with van der Waals surface area (Å²) in [5, 5.41) is 0. The maximum atomic E-state index is 13.6. The molecule has 0 aliphatic carbocycles. The Kier molecular flexibility index (Phi) is 9.30. The first-order valence-electron chi connectivity index (χ1n) is 11.5. The maximum absolute atomic E-state index is 13.6. The molecule has 0 spiro atoms. The van der Waals surface area contributed by atoms with Crippen LogP contribution in [-0.2, 0) is 19.9 Å². The van der Waals surface area contributed by atoms with E-state index in [0.29, 0.717) is 12.0 Å². The molecule has 0 saturated carbocycles. The molecule has 5 heteroatoms. The molecule has 2 rings (SSSR count). The summed E-state index contributed by atoms with van der Waals surface area (Å²) >= 11 is 0. The number of hydrogen-bond donors (Lipinski definition) is 0. The molecule has 32 heavy (non-hydrogen) atoms. The summed E-state index contributed by atoms with van der Waals surface area (Å²) in [4.78, 5) is 28.8. The van der Waals surface area contributed by atoms with Gasteiger partial charge in [0.2, 0.25) is 5.60 Å². The van der Waals surface area contributed by atoms with Gasteiger partial charge in [-0.1, -0.05) is 80.4 Å². The Labute approximate surface area is 192 Å². The largest absolute Gasteiger partial charge is 0.466 e. The lowest BCUT2D eigenvalue weighted by molar-refractivity contribution is -0.169. The van der Waals surface area contributed by atoms with Crippen LogP contribution < -0.4 is 0 Å². The lowest BCUT2D eigenvalue weighted by Gasteiger charge is -2.41. The highest BCUT2D eigenvalue weighted by atomic mass is 16.6. The molecule has 174 valence electrons. The highest BCUT2D eigenvalue weighted by Crippen LogP contribution is 2.45. The van der Waals surface area contributed by atoms with Crippen molar-refractivity contribution in [1.82, 2.24) is 4.90 Å². The second-order valence-corrected chi connectivity index (χ2v) is 8.66. The Bertz CT molecular complexity index is 842. The van der Waals surface area contributed by atoms with Crippen LogP contribution in [0.4, 0.5) is 4.79 Å². The van der Waals surface area contributed by atoms with Crippen LogP contribution in [0.25, 0.3) is 0 Å². The molecule has 1 amide bonds. The van der Waals surface area contributed by atoms with E-state index < -0.39 is 23.6 Å². The van der Waals surface area contributed by atoms with E-state index in [0.717, 1.165) is 18.4 Å². The SMILES string of the molecule is CCCC[C@H](c1ccccc1)[C@@](OC(=O)N(C(C)C)C(C)C)(C(=O)OC)c1ccccc1. The Morgan fingerprint density at radius 1 is 0.906 bits per heavy atom. The molecule has 2 atom stereocenters. The summed E-state index contributed by atoms with van der Waals surface area (Å²) in [6, 6.07) is 18.9. The average Bonchev–Trinajstić information content (AvgIpc) is 2.78. The molecule has 0 radical (unpaired) electrons. The highest BCUT2D eigenvalue weighted by Gasteiger charge is 2.53. The van der Waals surface area contributed by atoms with Gasteiger partial charge in [-0.3, -0.25) is 0 Å². The fourth-order valence-corrected chi connectivity index (χ4v) is 4.38. The number of carbonyl (C=O) groups is 2. The number of rotatable bonds is 10. The van der Waals surface area contributed by atoms with Crippen LogP contribution in [0.2, 0.25) is 0 Å². The van der Waals surface area contributed by atoms with E-state index in [1.54, 1.807) is 4.90 Å². The van der Waals surface area contributed by atoms with E-state index in [1.165, 1.54) is 7.11 Å². The molecule has 0 aliphatic heterocycles. The van der Waals surface area contributed by atoms with Crippen molar-refractivity contribution in [3.63, 3.8) is 0 Å². The molecular formula is C27H37NO4. The standard InChI is InChI=1S/C27H37NO4/c1-7-8-19-24(22-15-11-9-12-16-22)27(25(29)31-6,23-17-13-10-14-18-23)32-26(30)28(20(2)3)21(4)5/h9-18,20-21,24H,7-8,19H2,1-6H3/t24-,27-/m1/s1. The third-order valence-corrected chi connectivity index (χ3v) is 5.80. The molecule has 0 fully saturated rings. The van der Waals surface area contributed by atoms with E-state index in [1.807, 2.05) is 88.4 Å². The van der Waals surface area contributed by atoms with Gasteiger partial charge in [0, 0.05) is 23.6 Å². The van der Waals surface area contributed by atoms with Crippen LogP contribution >= 0.6 is 0 Å². The lowest BCUT2D eigenvalue weighted by Crippen LogP contribution is -2.51. The van der Waals surface area contributed by atoms with Crippen LogP contribution in [0.5, 0.6) is 0 Å². The van der Waals surface area contributed by atoms with Gasteiger partial charge in [0.15, 0.2) is 0 Å². The number of hydrogen-bond acceptors (Lipinski definition) is 4. The Morgan fingerprint density at radius 2 is 1.44 bits per heavy atom. The van der Waals surface area contributed by atoms with Crippen molar-refractivity contribution in [2.45, 2.75) is 77.5 Å². The van der Waals surface area contributed by atoms with Gasteiger partial charge in [0.05, 0.1) is 7.11 Å². The van der Waals surface area contributed by atoms with E-state index in [9.17, 15) is 9.59 Å². The number of benzene rings is 2. The zero-order chi connectivity index (χ0) is 23.7. The topological polar surface area (TPSA) is 55.8 Å². The average molecular weight is 440 g/mol. The molecule has 5 nitrogen and oxygen atoms in total. The normalized spacial score (nSPS) is 14.0. The van der Waals surface area contributed by atoms with E-state index in [4.69, 9.17) is 9.47 Å². The van der Waals surface area contributed by atoms with Crippen molar-refractivity contribution < 1.29 is 19.1 Å². The number of methoxy groups -OCH3 is 1. The van der Waals surface area contributed by atoms with Crippen molar-refractivity contribution >= 4 is 12.1 Å². The number of unbranched alkanes of at least 4 members (excludes halogenated alkanes) is 1. The molecule has 0 unspecified atom stereocenters. The van der Waals surface area contributed by atoms with Gasteiger partial charge in [-0.25, -0.2) is 9.59 Å². The zero-order valence-corrected chi connectivity index (χ0v) is 20.2. The third-order valence-electron chi connectivity index (χ3n) is 5.80. The van der Waals surface area contributed by atoms with E-state index in [2.05, 4.69) is 6.92 Å². The molecule has 0 aliphatic rings. The number of esters is 1. The minimum atomic E-state index is -1.61. The molecule has 0 heterocycles. The maximum Gasteiger partial charge on any atom is 0.411 e. The fourth-order valence-electron chi connectivity index (χ4n) is 4.38. The molecule has 0 N–H and O–H groups in total. The van der Waals surface area contributed by atoms with Gasteiger partial charge in [-0.2, -0.15) is 0 Å². The summed E-state index contributed by atoms with van der Waals surface area (Å²) in [5.41, 5.74) is -0.0627. The third kappa shape index (κ3) is 5.50. The highest BCUT2D eigenvalue weighted by molar-refractivity contribution is 5.86. The summed E-state index contributed by atoms with van der Waals surface area (Å²) in [6.07, 6.45) is 1.97. The van der Waals surface area contributed by atoms with Crippen LogP contribution in [0.15, 0.2) is 60.7 Å². The molecule has 0 aromatic heterocycles. The monoisotopic (exact) mass is 439 g/mol. The molecule has 2 aromatic carbocycles. The quantitative estimate of drug-likeness (QED) is 0.409. The smallest absolute Gasteiger partial charge is 0.411 e. The second-order valence-electron chi connectivity index (χ2n) is 8.66. The first kappa shape index (κ1) is 25.4. The minimum absolute atomic E-state index is 0.0839. The minimum Gasteiger partial charge on any atom is -0.466 e. The number of nitrogens with zero attached hydrogens (tertiary/aromatic N) is 1. The van der Waals surface area contributed by atoms with Gasteiger partial charge in [-0.05, 0) is 39.7 Å². The van der Waals surface area contributed by atoms with Crippen molar-refractivity contribution in [3.05, 3.63) is 71.8 Å². The van der Waals surface area contributed by atoms with Crippen molar-refractivity contribution in [2.75, 3.05) is 7.11 Å². The lowest BCUT2D eigenvalue weighted by atomic mass is 9.74. The van der Waals surface area contributed by atoms with Crippen LogP contribution in [0, 0.1) is 0 Å². The Balaban J connectivity index is 2.75. The van der Waals surface area contributed by atoms with Crippen molar-refractivity contribution in [2.24, 2.45) is 0 Å². The van der Waals surface area contributed by atoms with Crippen LogP contribution in [0.1, 0.15) is 70.9 Å². The first-order valence-corrected chi connectivity index (χ1v) is 11.5. The predicted molar refractivity (Wildman–Crippen MR) is 127 cm³/mol. The van der Waals surface area contributed by atoms with Gasteiger partial charge < -0.3 is 14.4 Å². The number of amides is 1. The van der Waals surface area contributed by atoms with Crippen LogP contribution in [0.3, 0.4) is 0 Å². The molecular weight excluding hydrogens is 402 g/mol. The van der Waals surface area contributed by atoms with Gasteiger partial charge in [-0.15, -0.1) is 0 Å². The Hall–Kier alpha value is -2.82. The summed E-state index contributed by atoms with van der Waals surface area (Å²) in [6.45, 7) is 9.87. The van der Waals surface area contributed by atoms with E-state index >= 15 is 0 Å². The Morgan fingerprint density at radius 3 is 1.91 bits per heavy atom.